The highest BCUT2D eigenvalue weighted by molar-refractivity contribution is 5.94. The molecule has 2 rings (SSSR count). The molecule has 1 amide bonds. The fourth-order valence-electron chi connectivity index (χ4n) is 1.29. The fourth-order valence-corrected chi connectivity index (χ4v) is 1.29. The van der Waals surface area contributed by atoms with Crippen LogP contribution in [-0.2, 0) is 4.79 Å². The number of nitrogens with one attached hydrogen (secondary N) is 1. The zero-order valence-electron chi connectivity index (χ0n) is 8.77. The normalized spacial score (nSPS) is 16.8. The van der Waals surface area contributed by atoms with Gasteiger partial charge in [-0.1, -0.05) is 5.16 Å². The van der Waals surface area contributed by atoms with Crippen molar-refractivity contribution in [3.63, 3.8) is 0 Å². The first-order valence-electron chi connectivity index (χ1n) is 5.08. The number of hydrogen-bond donors (Lipinski definition) is 2. The molecule has 6 heteroatoms. The number of rotatable bonds is 4. The second-order valence-electron chi connectivity index (χ2n) is 3.92. The van der Waals surface area contributed by atoms with E-state index in [0.29, 0.717) is 11.7 Å². The second kappa shape index (κ2) is 3.96. The molecule has 1 aliphatic rings. The van der Waals surface area contributed by atoms with Gasteiger partial charge in [0.05, 0.1) is 0 Å². The van der Waals surface area contributed by atoms with Crippen LogP contribution in [0.1, 0.15) is 41.9 Å². The third-order valence-corrected chi connectivity index (χ3v) is 2.46. The van der Waals surface area contributed by atoms with E-state index in [1.807, 2.05) is 0 Å². The lowest BCUT2D eigenvalue weighted by Crippen LogP contribution is -2.38. The summed E-state index contributed by atoms with van der Waals surface area (Å²) in [4.78, 5) is 22.0. The van der Waals surface area contributed by atoms with Crippen LogP contribution in [0.15, 0.2) is 10.6 Å². The quantitative estimate of drug-likeness (QED) is 0.787. The Morgan fingerprint density at radius 1 is 1.62 bits per heavy atom. The summed E-state index contributed by atoms with van der Waals surface area (Å²) in [7, 11) is 0. The van der Waals surface area contributed by atoms with Crippen molar-refractivity contribution < 1.29 is 19.2 Å². The highest BCUT2D eigenvalue weighted by Crippen LogP contribution is 2.40. The van der Waals surface area contributed by atoms with Crippen LogP contribution in [0.2, 0.25) is 0 Å². The highest BCUT2D eigenvalue weighted by Gasteiger charge is 2.29. The van der Waals surface area contributed by atoms with Crippen LogP contribution in [0.4, 0.5) is 0 Å². The number of nitrogens with zero attached hydrogens (tertiary/aromatic N) is 1. The molecule has 16 heavy (non-hydrogen) atoms. The summed E-state index contributed by atoms with van der Waals surface area (Å²) in [6, 6.07) is 0.634. The number of aliphatic carboxylic acids is 1. The number of carboxylic acids is 1. The van der Waals surface area contributed by atoms with Crippen molar-refractivity contribution in [2.24, 2.45) is 0 Å². The SMILES string of the molecule is CC(NC(=O)c1cc(C2CC2)on1)C(=O)O. The van der Waals surface area contributed by atoms with Gasteiger partial charge in [0.15, 0.2) is 5.69 Å². The van der Waals surface area contributed by atoms with Gasteiger partial charge in [0, 0.05) is 12.0 Å². The Balaban J connectivity index is 1.99. The summed E-state index contributed by atoms with van der Waals surface area (Å²) >= 11 is 0. The summed E-state index contributed by atoms with van der Waals surface area (Å²) in [5.74, 6) is -0.524. The average Bonchev–Trinajstić information content (AvgIpc) is 2.96. The maximum absolute atomic E-state index is 11.5. The summed E-state index contributed by atoms with van der Waals surface area (Å²) in [6.07, 6.45) is 2.11. The maximum Gasteiger partial charge on any atom is 0.325 e. The van der Waals surface area contributed by atoms with Gasteiger partial charge in [-0.15, -0.1) is 0 Å². The number of carbonyl (C=O) groups is 2. The van der Waals surface area contributed by atoms with Gasteiger partial charge in [-0.05, 0) is 19.8 Å². The zero-order valence-corrected chi connectivity index (χ0v) is 8.77. The number of carbonyl (C=O) groups excluding carboxylic acids is 1. The number of amides is 1. The Morgan fingerprint density at radius 3 is 2.88 bits per heavy atom. The molecule has 1 atom stereocenters. The van der Waals surface area contributed by atoms with Gasteiger partial charge in [-0.3, -0.25) is 9.59 Å². The molecule has 6 nitrogen and oxygen atoms in total. The Bertz CT molecular complexity index is 422. The molecule has 0 radical (unpaired) electrons. The molecule has 1 fully saturated rings. The lowest BCUT2D eigenvalue weighted by atomic mass is 10.2. The van der Waals surface area contributed by atoms with Crippen LogP contribution < -0.4 is 5.32 Å². The zero-order chi connectivity index (χ0) is 11.7. The molecule has 0 saturated heterocycles. The van der Waals surface area contributed by atoms with E-state index in [4.69, 9.17) is 9.63 Å². The first-order chi connectivity index (χ1) is 7.58. The van der Waals surface area contributed by atoms with Gasteiger partial charge in [-0.25, -0.2) is 0 Å². The third kappa shape index (κ3) is 2.21. The van der Waals surface area contributed by atoms with Gasteiger partial charge in [0.25, 0.3) is 5.91 Å². The first-order valence-corrected chi connectivity index (χ1v) is 5.08. The van der Waals surface area contributed by atoms with Gasteiger partial charge in [0.2, 0.25) is 0 Å². The summed E-state index contributed by atoms with van der Waals surface area (Å²) in [6.45, 7) is 1.39. The molecule has 0 aromatic carbocycles. The van der Waals surface area contributed by atoms with Crippen molar-refractivity contribution in [3.8, 4) is 0 Å². The molecular formula is C10H12N2O4. The van der Waals surface area contributed by atoms with Crippen LogP contribution in [0.25, 0.3) is 0 Å². The van der Waals surface area contributed by atoms with Crippen LogP contribution in [-0.4, -0.2) is 28.2 Å². The summed E-state index contributed by atoms with van der Waals surface area (Å²) in [5.41, 5.74) is 0.134. The number of carboxylic acid groups (broad SMARTS) is 1. The predicted molar refractivity (Wildman–Crippen MR) is 53.0 cm³/mol. The average molecular weight is 224 g/mol. The van der Waals surface area contributed by atoms with Crippen molar-refractivity contribution in [2.75, 3.05) is 0 Å². The topological polar surface area (TPSA) is 92.4 Å². The molecular weight excluding hydrogens is 212 g/mol. The maximum atomic E-state index is 11.5. The van der Waals surface area contributed by atoms with Crippen molar-refractivity contribution in [1.82, 2.24) is 10.5 Å². The highest BCUT2D eigenvalue weighted by atomic mass is 16.5. The molecule has 1 heterocycles. The molecule has 0 aliphatic heterocycles. The number of hydrogen-bond acceptors (Lipinski definition) is 4. The van der Waals surface area contributed by atoms with E-state index in [2.05, 4.69) is 10.5 Å². The van der Waals surface area contributed by atoms with E-state index >= 15 is 0 Å². The molecule has 1 aromatic rings. The molecule has 1 unspecified atom stereocenters. The lowest BCUT2D eigenvalue weighted by molar-refractivity contribution is -0.138. The minimum Gasteiger partial charge on any atom is -0.480 e. The lowest BCUT2D eigenvalue weighted by Gasteiger charge is -2.06. The van der Waals surface area contributed by atoms with Crippen LogP contribution >= 0.6 is 0 Å². The monoisotopic (exact) mass is 224 g/mol. The molecule has 0 spiro atoms. The van der Waals surface area contributed by atoms with E-state index in [1.165, 1.54) is 6.92 Å². The van der Waals surface area contributed by atoms with E-state index in [9.17, 15) is 9.59 Å². The van der Waals surface area contributed by atoms with Gasteiger partial charge in [-0.2, -0.15) is 0 Å². The van der Waals surface area contributed by atoms with E-state index in [-0.39, 0.29) is 5.69 Å². The van der Waals surface area contributed by atoms with E-state index < -0.39 is 17.9 Å². The third-order valence-electron chi connectivity index (χ3n) is 2.46. The standard InChI is InChI=1S/C10H12N2O4/c1-5(10(14)15)11-9(13)7-4-8(16-12-7)6-2-3-6/h4-6H,2-3H2,1H3,(H,11,13)(H,14,15). The van der Waals surface area contributed by atoms with Crippen LogP contribution in [0.5, 0.6) is 0 Å². The minimum absolute atomic E-state index is 0.134. The van der Waals surface area contributed by atoms with E-state index in [0.717, 1.165) is 12.8 Å². The van der Waals surface area contributed by atoms with Crippen LogP contribution in [0.3, 0.4) is 0 Å². The molecule has 2 N–H and O–H groups in total. The first kappa shape index (κ1) is 10.7. The molecule has 1 saturated carbocycles. The summed E-state index contributed by atoms with van der Waals surface area (Å²) < 4.78 is 4.99. The van der Waals surface area contributed by atoms with Gasteiger partial charge >= 0.3 is 5.97 Å². The Morgan fingerprint density at radius 2 is 2.31 bits per heavy atom. The predicted octanol–water partition coefficient (Wildman–Crippen LogP) is 0.755. The van der Waals surface area contributed by atoms with Crippen molar-refractivity contribution in [2.45, 2.75) is 31.7 Å². The van der Waals surface area contributed by atoms with Crippen molar-refractivity contribution in [3.05, 3.63) is 17.5 Å². The van der Waals surface area contributed by atoms with Crippen molar-refractivity contribution in [1.29, 1.82) is 0 Å². The van der Waals surface area contributed by atoms with Crippen molar-refractivity contribution >= 4 is 11.9 Å². The van der Waals surface area contributed by atoms with E-state index in [1.54, 1.807) is 6.07 Å². The molecule has 86 valence electrons. The minimum atomic E-state index is -1.08. The fraction of sp³-hybridized carbons (Fsp3) is 0.500. The number of aromatic nitrogens is 1. The van der Waals surface area contributed by atoms with Crippen LogP contribution in [0, 0.1) is 0 Å². The van der Waals surface area contributed by atoms with Gasteiger partial charge < -0.3 is 14.9 Å². The largest absolute Gasteiger partial charge is 0.480 e. The Labute approximate surface area is 91.6 Å². The molecule has 0 bridgehead atoms. The van der Waals surface area contributed by atoms with Gasteiger partial charge in [0.1, 0.15) is 11.8 Å². The second-order valence-corrected chi connectivity index (χ2v) is 3.92. The summed E-state index contributed by atoms with van der Waals surface area (Å²) in [5, 5.41) is 14.5. The Kier molecular flexibility index (Phi) is 2.64. The molecule has 1 aliphatic carbocycles. The smallest absolute Gasteiger partial charge is 0.325 e. The Hall–Kier alpha value is -1.85. The molecule has 1 aromatic heterocycles.